The zero-order valence-corrected chi connectivity index (χ0v) is 11.9. The highest BCUT2D eigenvalue weighted by Crippen LogP contribution is 2.32. The zero-order valence-electron chi connectivity index (χ0n) is 11.9. The van der Waals surface area contributed by atoms with Crippen LogP contribution in [0.15, 0.2) is 54.9 Å². The summed E-state index contributed by atoms with van der Waals surface area (Å²) < 4.78 is 1.96. The van der Waals surface area contributed by atoms with E-state index in [1.165, 1.54) is 12.3 Å². The first-order chi connectivity index (χ1) is 10.7. The van der Waals surface area contributed by atoms with Crippen molar-refractivity contribution in [3.05, 3.63) is 71.7 Å². The summed E-state index contributed by atoms with van der Waals surface area (Å²) in [6.07, 6.45) is 4.82. The molecule has 1 aromatic carbocycles. The van der Waals surface area contributed by atoms with Gasteiger partial charge in [0.2, 0.25) is 5.78 Å². The summed E-state index contributed by atoms with van der Waals surface area (Å²) in [7, 11) is 1.93. The molecular weight excluding hydrogens is 276 g/mol. The van der Waals surface area contributed by atoms with Gasteiger partial charge < -0.3 is 4.57 Å². The molecule has 106 valence electrons. The average Bonchev–Trinajstić information content (AvgIpc) is 2.88. The molecule has 0 saturated heterocycles. The first kappa shape index (κ1) is 12.7. The zero-order chi connectivity index (χ0) is 15.3. The summed E-state index contributed by atoms with van der Waals surface area (Å²) in [4.78, 5) is 29.0. The summed E-state index contributed by atoms with van der Waals surface area (Å²) in [6.45, 7) is 0. The first-order valence-electron chi connectivity index (χ1n) is 6.97. The van der Waals surface area contributed by atoms with Crippen LogP contribution in [0.25, 0.3) is 16.5 Å². The van der Waals surface area contributed by atoms with Crippen LogP contribution in [0.2, 0.25) is 0 Å². The fourth-order valence-corrected chi connectivity index (χ4v) is 2.95. The molecule has 1 aliphatic rings. The van der Waals surface area contributed by atoms with Crippen LogP contribution in [-0.2, 0) is 7.05 Å². The molecule has 0 unspecified atom stereocenters. The molecule has 0 aliphatic heterocycles. The number of rotatable bonds is 1. The van der Waals surface area contributed by atoms with E-state index in [9.17, 15) is 9.59 Å². The molecule has 4 rings (SSSR count). The van der Waals surface area contributed by atoms with E-state index in [-0.39, 0.29) is 17.3 Å². The number of hydrogen-bond donors (Lipinski definition) is 0. The second kappa shape index (κ2) is 4.49. The Morgan fingerprint density at radius 1 is 1.00 bits per heavy atom. The van der Waals surface area contributed by atoms with E-state index < -0.39 is 0 Å². The van der Waals surface area contributed by atoms with Gasteiger partial charge in [-0.25, -0.2) is 0 Å². The lowest BCUT2D eigenvalue weighted by Crippen LogP contribution is -2.17. The number of Topliss-reactive ketones (excluding diaryl/α,β-unsaturated/α-hetero) is 1. The fourth-order valence-electron chi connectivity index (χ4n) is 2.95. The highest BCUT2D eigenvalue weighted by Gasteiger charge is 2.28. The standard InChI is InChI=1S/C18H12N2O2/c1-20-10-14(11-5-2-3-7-15(11)20)13-9-16(21)17-12(18(13)22)6-4-8-19-17/h2-10H,1H3. The SMILES string of the molecule is Cn1cc(C2=CC(=O)c3ncccc3C2=O)c2ccccc21. The van der Waals surface area contributed by atoms with E-state index in [2.05, 4.69) is 4.98 Å². The lowest BCUT2D eigenvalue weighted by Gasteiger charge is -2.13. The van der Waals surface area contributed by atoms with Crippen LogP contribution in [0.1, 0.15) is 26.4 Å². The molecule has 4 nitrogen and oxygen atoms in total. The number of aryl methyl sites for hydroxylation is 1. The number of allylic oxidation sites excluding steroid dienone is 2. The van der Waals surface area contributed by atoms with Gasteiger partial charge in [-0.3, -0.25) is 14.6 Å². The van der Waals surface area contributed by atoms with Crippen LogP contribution in [-0.4, -0.2) is 21.1 Å². The third-order valence-corrected chi connectivity index (χ3v) is 3.99. The number of para-hydroxylation sites is 1. The van der Waals surface area contributed by atoms with Crippen LogP contribution in [0.4, 0.5) is 0 Å². The van der Waals surface area contributed by atoms with Crippen LogP contribution in [0, 0.1) is 0 Å². The first-order valence-corrected chi connectivity index (χ1v) is 6.97. The summed E-state index contributed by atoms with van der Waals surface area (Å²) in [5, 5.41) is 0.963. The molecule has 0 bridgehead atoms. The Morgan fingerprint density at radius 3 is 2.68 bits per heavy atom. The van der Waals surface area contributed by atoms with E-state index in [4.69, 9.17) is 0 Å². The predicted octanol–water partition coefficient (Wildman–Crippen LogP) is 3.04. The van der Waals surface area contributed by atoms with E-state index in [0.29, 0.717) is 11.1 Å². The van der Waals surface area contributed by atoms with E-state index in [1.807, 2.05) is 42.1 Å². The van der Waals surface area contributed by atoms with Crippen molar-refractivity contribution < 1.29 is 9.59 Å². The molecule has 0 atom stereocenters. The molecule has 0 saturated carbocycles. The highest BCUT2D eigenvalue weighted by molar-refractivity contribution is 6.39. The van der Waals surface area contributed by atoms with Crippen LogP contribution >= 0.6 is 0 Å². The van der Waals surface area contributed by atoms with Crippen molar-refractivity contribution in [3.63, 3.8) is 0 Å². The molecule has 2 aromatic heterocycles. The molecule has 2 heterocycles. The maximum atomic E-state index is 12.7. The Hall–Kier alpha value is -3.01. The summed E-state index contributed by atoms with van der Waals surface area (Å²) in [5.74, 6) is -0.378. The molecular formula is C18H12N2O2. The van der Waals surface area contributed by atoms with Gasteiger partial charge >= 0.3 is 0 Å². The maximum absolute atomic E-state index is 12.7. The molecule has 4 heteroatoms. The van der Waals surface area contributed by atoms with Gasteiger partial charge in [-0.1, -0.05) is 18.2 Å². The number of nitrogens with zero attached hydrogens (tertiary/aromatic N) is 2. The predicted molar refractivity (Wildman–Crippen MR) is 83.8 cm³/mol. The summed E-state index contributed by atoms with van der Waals surface area (Å²) in [6, 6.07) is 11.2. The molecule has 0 N–H and O–H groups in total. The number of carbonyl (C=O) groups excluding carboxylic acids is 2. The number of carbonyl (C=O) groups is 2. The van der Waals surface area contributed by atoms with Crippen molar-refractivity contribution in [3.8, 4) is 0 Å². The van der Waals surface area contributed by atoms with Gasteiger partial charge in [0.15, 0.2) is 5.78 Å². The van der Waals surface area contributed by atoms with Gasteiger partial charge in [0.25, 0.3) is 0 Å². The smallest absolute Gasteiger partial charge is 0.205 e. The molecule has 3 aromatic rings. The van der Waals surface area contributed by atoms with Gasteiger partial charge in [-0.2, -0.15) is 0 Å². The fraction of sp³-hybridized carbons (Fsp3) is 0.0556. The quantitative estimate of drug-likeness (QED) is 0.691. The van der Waals surface area contributed by atoms with Crippen LogP contribution in [0.3, 0.4) is 0 Å². The minimum Gasteiger partial charge on any atom is -0.350 e. The highest BCUT2D eigenvalue weighted by atomic mass is 16.1. The Kier molecular flexibility index (Phi) is 2.60. The molecule has 0 radical (unpaired) electrons. The summed E-state index contributed by atoms with van der Waals surface area (Å²) >= 11 is 0. The maximum Gasteiger partial charge on any atom is 0.205 e. The Labute approximate surface area is 126 Å². The van der Waals surface area contributed by atoms with E-state index in [0.717, 1.165) is 16.5 Å². The van der Waals surface area contributed by atoms with E-state index in [1.54, 1.807) is 12.1 Å². The van der Waals surface area contributed by atoms with Crippen molar-refractivity contribution in [1.29, 1.82) is 0 Å². The minimum atomic E-state index is -0.224. The topological polar surface area (TPSA) is 52.0 Å². The normalized spacial score (nSPS) is 14.1. The molecule has 0 spiro atoms. The van der Waals surface area contributed by atoms with Gasteiger partial charge in [0, 0.05) is 41.5 Å². The molecule has 0 fully saturated rings. The number of ketones is 2. The van der Waals surface area contributed by atoms with Crippen LogP contribution in [0.5, 0.6) is 0 Å². The lowest BCUT2D eigenvalue weighted by molar-refractivity contribution is 0.0997. The Morgan fingerprint density at radius 2 is 1.82 bits per heavy atom. The third-order valence-electron chi connectivity index (χ3n) is 3.99. The van der Waals surface area contributed by atoms with Crippen LogP contribution < -0.4 is 0 Å². The molecule has 0 amide bonds. The van der Waals surface area contributed by atoms with Gasteiger partial charge in [-0.05, 0) is 24.3 Å². The second-order valence-electron chi connectivity index (χ2n) is 5.32. The third kappa shape index (κ3) is 1.67. The van der Waals surface area contributed by atoms with E-state index >= 15 is 0 Å². The Balaban J connectivity index is 1.97. The van der Waals surface area contributed by atoms with Crippen molar-refractivity contribution in [2.24, 2.45) is 7.05 Å². The largest absolute Gasteiger partial charge is 0.350 e. The molecule has 1 aliphatic carbocycles. The number of hydrogen-bond acceptors (Lipinski definition) is 3. The minimum absolute atomic E-state index is 0.154. The average molecular weight is 288 g/mol. The number of benzene rings is 1. The lowest BCUT2D eigenvalue weighted by atomic mass is 9.89. The van der Waals surface area contributed by atoms with Gasteiger partial charge in [-0.15, -0.1) is 0 Å². The van der Waals surface area contributed by atoms with Crippen molar-refractivity contribution >= 4 is 28.0 Å². The van der Waals surface area contributed by atoms with Crippen molar-refractivity contribution in [1.82, 2.24) is 9.55 Å². The van der Waals surface area contributed by atoms with Gasteiger partial charge in [0.05, 0.1) is 5.56 Å². The van der Waals surface area contributed by atoms with Gasteiger partial charge in [0.1, 0.15) is 5.69 Å². The second-order valence-corrected chi connectivity index (χ2v) is 5.32. The Bertz CT molecular complexity index is 980. The monoisotopic (exact) mass is 288 g/mol. The van der Waals surface area contributed by atoms with Crippen molar-refractivity contribution in [2.45, 2.75) is 0 Å². The summed E-state index contributed by atoms with van der Waals surface area (Å²) in [5.41, 5.74) is 2.85. The molecule has 22 heavy (non-hydrogen) atoms. The van der Waals surface area contributed by atoms with Crippen molar-refractivity contribution in [2.75, 3.05) is 0 Å². The number of fused-ring (bicyclic) bond motifs is 2. The number of pyridine rings is 1. The number of aromatic nitrogens is 2.